The number of benzene rings is 1. The number of aromatic nitrogens is 4. The van der Waals surface area contributed by atoms with Crippen LogP contribution in [0.25, 0.3) is 11.0 Å². The quantitative estimate of drug-likeness (QED) is 0.698. The van der Waals surface area contributed by atoms with Crippen LogP contribution in [0, 0.1) is 5.92 Å². The maximum absolute atomic E-state index is 12.8. The lowest BCUT2D eigenvalue weighted by Gasteiger charge is -2.25. The van der Waals surface area contributed by atoms with Gasteiger partial charge in [0.1, 0.15) is 5.82 Å². The average molecular weight is 393 g/mol. The second kappa shape index (κ2) is 8.19. The molecule has 0 aliphatic heterocycles. The Morgan fingerprint density at radius 2 is 2.03 bits per heavy atom. The molecular formula is C22H28N6O. The second-order valence-electron chi connectivity index (χ2n) is 7.55. The fourth-order valence-corrected chi connectivity index (χ4v) is 4.04. The third kappa shape index (κ3) is 3.81. The number of hydrogen-bond acceptors (Lipinski definition) is 5. The van der Waals surface area contributed by atoms with Gasteiger partial charge in [-0.2, -0.15) is 0 Å². The molecule has 29 heavy (non-hydrogen) atoms. The summed E-state index contributed by atoms with van der Waals surface area (Å²) in [5.41, 5.74) is 4.20. The highest BCUT2D eigenvalue weighted by Gasteiger charge is 2.26. The molecule has 0 bridgehead atoms. The highest BCUT2D eigenvalue weighted by Crippen LogP contribution is 2.25. The molecule has 2 heterocycles. The van der Waals surface area contributed by atoms with Crippen LogP contribution in [0.15, 0.2) is 30.5 Å². The zero-order valence-electron chi connectivity index (χ0n) is 17.4. The molecule has 152 valence electrons. The molecule has 1 unspecified atom stereocenters. The summed E-state index contributed by atoms with van der Waals surface area (Å²) in [6, 6.07) is 8.01. The number of anilines is 1. The smallest absolute Gasteiger partial charge is 0.225 e. The molecule has 0 saturated heterocycles. The molecule has 7 heteroatoms. The number of nitrogens with one attached hydrogen (secondary N) is 1. The van der Waals surface area contributed by atoms with Crippen molar-refractivity contribution in [3.8, 4) is 0 Å². The summed E-state index contributed by atoms with van der Waals surface area (Å²) in [6.45, 7) is 6.43. The topological polar surface area (TPSA) is 75.9 Å². The predicted molar refractivity (Wildman–Crippen MR) is 114 cm³/mol. The molecule has 1 aliphatic rings. The van der Waals surface area contributed by atoms with Crippen molar-refractivity contribution in [2.45, 2.75) is 39.7 Å². The Bertz CT molecular complexity index is 1020. The summed E-state index contributed by atoms with van der Waals surface area (Å²) in [6.07, 6.45) is 4.23. The Kier molecular flexibility index (Phi) is 5.47. The number of fused-ring (bicyclic) bond motifs is 2. The second-order valence-corrected chi connectivity index (χ2v) is 7.55. The van der Waals surface area contributed by atoms with Gasteiger partial charge in [0.25, 0.3) is 0 Å². The van der Waals surface area contributed by atoms with Crippen molar-refractivity contribution in [3.63, 3.8) is 0 Å². The van der Waals surface area contributed by atoms with Gasteiger partial charge in [-0.25, -0.2) is 15.0 Å². The lowest BCUT2D eigenvalue weighted by atomic mass is 9.86. The van der Waals surface area contributed by atoms with Crippen LogP contribution in [0.5, 0.6) is 0 Å². The van der Waals surface area contributed by atoms with Gasteiger partial charge in [0.2, 0.25) is 11.9 Å². The van der Waals surface area contributed by atoms with E-state index in [2.05, 4.69) is 34.0 Å². The zero-order chi connectivity index (χ0) is 20.4. The van der Waals surface area contributed by atoms with E-state index in [-0.39, 0.29) is 11.8 Å². The van der Waals surface area contributed by atoms with Crippen LogP contribution < -0.4 is 10.2 Å². The van der Waals surface area contributed by atoms with Crippen LogP contribution >= 0.6 is 0 Å². The molecule has 2 aromatic heterocycles. The van der Waals surface area contributed by atoms with E-state index in [1.165, 1.54) is 0 Å². The van der Waals surface area contributed by atoms with Crippen molar-refractivity contribution in [1.29, 1.82) is 0 Å². The number of nitrogens with zero attached hydrogens (tertiary/aromatic N) is 5. The van der Waals surface area contributed by atoms with Gasteiger partial charge in [0.15, 0.2) is 0 Å². The molecule has 0 fully saturated rings. The Labute approximate surface area is 171 Å². The molecule has 0 saturated carbocycles. The molecule has 1 aromatic carbocycles. The van der Waals surface area contributed by atoms with Crippen LogP contribution in [0.4, 0.5) is 5.95 Å². The first kappa shape index (κ1) is 19.4. The number of rotatable bonds is 6. The maximum atomic E-state index is 12.8. The predicted octanol–water partition coefficient (Wildman–Crippen LogP) is 2.63. The molecule has 4 rings (SSSR count). The first-order valence-corrected chi connectivity index (χ1v) is 10.4. The SMILES string of the molecule is CCN(CC)c1ncc2c(n1)CCC(C(=O)NCc1nc3ccccc3n1C)C2. The zero-order valence-corrected chi connectivity index (χ0v) is 17.4. The van der Waals surface area contributed by atoms with Gasteiger partial charge >= 0.3 is 0 Å². The minimum absolute atomic E-state index is 0.0416. The van der Waals surface area contributed by atoms with Gasteiger partial charge in [-0.15, -0.1) is 0 Å². The molecule has 1 atom stereocenters. The van der Waals surface area contributed by atoms with Crippen LogP contribution in [0.2, 0.25) is 0 Å². The van der Waals surface area contributed by atoms with Crippen molar-refractivity contribution in [2.75, 3.05) is 18.0 Å². The first-order chi connectivity index (χ1) is 14.1. The van der Waals surface area contributed by atoms with E-state index < -0.39 is 0 Å². The maximum Gasteiger partial charge on any atom is 0.225 e. The number of imidazole rings is 1. The highest BCUT2D eigenvalue weighted by atomic mass is 16.1. The lowest BCUT2D eigenvalue weighted by molar-refractivity contribution is -0.125. The number of carbonyl (C=O) groups is 1. The van der Waals surface area contributed by atoms with Gasteiger partial charge in [0, 0.05) is 37.9 Å². The van der Waals surface area contributed by atoms with Crippen LogP contribution in [0.3, 0.4) is 0 Å². The molecular weight excluding hydrogens is 364 g/mol. The van der Waals surface area contributed by atoms with Crippen LogP contribution in [-0.4, -0.2) is 38.5 Å². The molecule has 0 radical (unpaired) electrons. The van der Waals surface area contributed by atoms with Crippen molar-refractivity contribution >= 4 is 22.9 Å². The molecule has 3 aromatic rings. The van der Waals surface area contributed by atoms with E-state index in [4.69, 9.17) is 4.98 Å². The number of hydrogen-bond donors (Lipinski definition) is 1. The van der Waals surface area contributed by atoms with E-state index in [0.717, 1.165) is 60.0 Å². The normalized spacial score (nSPS) is 15.9. The third-order valence-electron chi connectivity index (χ3n) is 5.85. The van der Waals surface area contributed by atoms with Crippen LogP contribution in [-0.2, 0) is 31.2 Å². The van der Waals surface area contributed by atoms with E-state index >= 15 is 0 Å². The van der Waals surface area contributed by atoms with Crippen molar-refractivity contribution in [1.82, 2.24) is 24.8 Å². The minimum atomic E-state index is -0.0416. The number of amides is 1. The monoisotopic (exact) mass is 392 g/mol. The summed E-state index contributed by atoms with van der Waals surface area (Å²) in [5, 5.41) is 3.08. The Hall–Kier alpha value is -2.96. The van der Waals surface area contributed by atoms with E-state index in [9.17, 15) is 4.79 Å². The number of aryl methyl sites for hydroxylation is 2. The molecule has 7 nitrogen and oxygen atoms in total. The van der Waals surface area contributed by atoms with Gasteiger partial charge in [-0.1, -0.05) is 12.1 Å². The summed E-state index contributed by atoms with van der Waals surface area (Å²) >= 11 is 0. The summed E-state index contributed by atoms with van der Waals surface area (Å²) in [7, 11) is 1.98. The molecule has 1 aliphatic carbocycles. The van der Waals surface area contributed by atoms with Gasteiger partial charge in [0.05, 0.1) is 17.6 Å². The number of para-hydroxylation sites is 2. The largest absolute Gasteiger partial charge is 0.349 e. The van der Waals surface area contributed by atoms with Gasteiger partial charge in [-0.05, 0) is 50.8 Å². The van der Waals surface area contributed by atoms with Crippen LogP contribution in [0.1, 0.15) is 37.4 Å². The fourth-order valence-electron chi connectivity index (χ4n) is 4.04. The first-order valence-electron chi connectivity index (χ1n) is 10.4. The average Bonchev–Trinajstić information content (AvgIpc) is 3.08. The van der Waals surface area contributed by atoms with Crippen molar-refractivity contribution in [3.05, 3.63) is 47.5 Å². The molecule has 1 N–H and O–H groups in total. The number of carbonyl (C=O) groups excluding carboxylic acids is 1. The lowest BCUT2D eigenvalue weighted by Crippen LogP contribution is -2.35. The molecule has 1 amide bonds. The summed E-state index contributed by atoms with van der Waals surface area (Å²) < 4.78 is 2.04. The van der Waals surface area contributed by atoms with Gasteiger partial charge in [-0.3, -0.25) is 4.79 Å². The Morgan fingerprint density at radius 1 is 1.24 bits per heavy atom. The van der Waals surface area contributed by atoms with E-state index in [1.807, 2.05) is 42.1 Å². The Morgan fingerprint density at radius 3 is 2.79 bits per heavy atom. The molecule has 0 spiro atoms. The summed E-state index contributed by atoms with van der Waals surface area (Å²) in [4.78, 5) is 28.8. The van der Waals surface area contributed by atoms with Crippen molar-refractivity contribution < 1.29 is 4.79 Å². The Balaban J connectivity index is 1.41. The van der Waals surface area contributed by atoms with E-state index in [1.54, 1.807) is 0 Å². The highest BCUT2D eigenvalue weighted by molar-refractivity contribution is 5.79. The van der Waals surface area contributed by atoms with E-state index in [0.29, 0.717) is 13.0 Å². The fraction of sp³-hybridized carbons (Fsp3) is 0.455. The third-order valence-corrected chi connectivity index (χ3v) is 5.85. The standard InChI is InChI=1S/C22H28N6O/c1-4-28(5-2)22-24-13-16-12-15(10-11-17(16)26-22)21(29)23-14-20-25-18-8-6-7-9-19(18)27(20)3/h6-9,13,15H,4-5,10-12,14H2,1-3H3,(H,23,29). The van der Waals surface area contributed by atoms with Gasteiger partial charge < -0.3 is 14.8 Å². The minimum Gasteiger partial charge on any atom is -0.349 e. The summed E-state index contributed by atoms with van der Waals surface area (Å²) in [5.74, 6) is 1.69. The van der Waals surface area contributed by atoms with Crippen molar-refractivity contribution in [2.24, 2.45) is 13.0 Å².